The average molecular weight is 270 g/mol. The maximum Gasteiger partial charge on any atom is 0.246 e. The predicted molar refractivity (Wildman–Crippen MR) is 80.1 cm³/mol. The topological polar surface area (TPSA) is 53.4 Å². The molecule has 0 aliphatic heterocycles. The zero-order valence-electron chi connectivity index (χ0n) is 11.7. The first kappa shape index (κ1) is 14.2. The molecule has 0 bridgehead atoms. The SMILES string of the molecule is CC(CO)N(C)C(=O)/C=C/c1cccc2cccnc12. The van der Waals surface area contributed by atoms with Crippen molar-refractivity contribution in [3.63, 3.8) is 0 Å². The van der Waals surface area contributed by atoms with Crippen LogP contribution in [0.3, 0.4) is 0 Å². The molecule has 0 aliphatic rings. The number of benzene rings is 1. The second-order valence-electron chi connectivity index (χ2n) is 4.74. The first-order valence-corrected chi connectivity index (χ1v) is 6.53. The number of amides is 1. The summed E-state index contributed by atoms with van der Waals surface area (Å²) in [6.45, 7) is 1.75. The maximum atomic E-state index is 12.0. The number of hydrogen-bond donors (Lipinski definition) is 1. The van der Waals surface area contributed by atoms with Gasteiger partial charge in [0.15, 0.2) is 0 Å². The minimum Gasteiger partial charge on any atom is -0.394 e. The Morgan fingerprint density at radius 2 is 2.15 bits per heavy atom. The molecule has 0 saturated carbocycles. The van der Waals surface area contributed by atoms with Crippen LogP contribution in [-0.2, 0) is 4.79 Å². The molecule has 4 nitrogen and oxygen atoms in total. The fourth-order valence-electron chi connectivity index (χ4n) is 1.88. The molecule has 1 aromatic heterocycles. The lowest BCUT2D eigenvalue weighted by molar-refractivity contribution is -0.127. The summed E-state index contributed by atoms with van der Waals surface area (Å²) in [5.74, 6) is -0.139. The van der Waals surface area contributed by atoms with Crippen molar-refractivity contribution < 1.29 is 9.90 Å². The van der Waals surface area contributed by atoms with E-state index in [0.717, 1.165) is 16.5 Å². The minimum atomic E-state index is -0.196. The number of rotatable bonds is 4. The molecule has 2 aromatic rings. The van der Waals surface area contributed by atoms with E-state index in [2.05, 4.69) is 4.98 Å². The smallest absolute Gasteiger partial charge is 0.246 e. The summed E-state index contributed by atoms with van der Waals surface area (Å²) >= 11 is 0. The van der Waals surface area contributed by atoms with Gasteiger partial charge in [0, 0.05) is 30.3 Å². The van der Waals surface area contributed by atoms with E-state index < -0.39 is 0 Å². The molecule has 1 heterocycles. The number of hydrogen-bond acceptors (Lipinski definition) is 3. The van der Waals surface area contributed by atoms with E-state index in [1.54, 1.807) is 26.2 Å². The third-order valence-electron chi connectivity index (χ3n) is 3.34. The van der Waals surface area contributed by atoms with Crippen molar-refractivity contribution >= 4 is 22.9 Å². The Hall–Kier alpha value is -2.20. The number of fused-ring (bicyclic) bond motifs is 1. The van der Waals surface area contributed by atoms with Crippen LogP contribution in [0.4, 0.5) is 0 Å². The van der Waals surface area contributed by atoms with Gasteiger partial charge in [-0.1, -0.05) is 24.3 Å². The third kappa shape index (κ3) is 3.03. The Balaban J connectivity index is 2.24. The molecule has 0 radical (unpaired) electrons. The van der Waals surface area contributed by atoms with E-state index in [0.29, 0.717) is 0 Å². The Morgan fingerprint density at radius 3 is 2.90 bits per heavy atom. The van der Waals surface area contributed by atoms with Gasteiger partial charge in [-0.15, -0.1) is 0 Å². The van der Waals surface area contributed by atoms with E-state index in [9.17, 15) is 4.79 Å². The van der Waals surface area contributed by atoms with Gasteiger partial charge in [-0.2, -0.15) is 0 Å². The van der Waals surface area contributed by atoms with Crippen molar-refractivity contribution in [1.82, 2.24) is 9.88 Å². The number of pyridine rings is 1. The molecule has 1 unspecified atom stereocenters. The fourth-order valence-corrected chi connectivity index (χ4v) is 1.88. The summed E-state index contributed by atoms with van der Waals surface area (Å²) < 4.78 is 0. The zero-order chi connectivity index (χ0) is 14.5. The number of aliphatic hydroxyl groups excluding tert-OH is 1. The quantitative estimate of drug-likeness (QED) is 0.865. The highest BCUT2D eigenvalue weighted by Crippen LogP contribution is 2.17. The van der Waals surface area contributed by atoms with Crippen LogP contribution >= 0.6 is 0 Å². The standard InChI is InChI=1S/C16H18N2O2/c1-12(11-19)18(2)15(20)9-8-14-6-3-5-13-7-4-10-17-16(13)14/h3-10,12,19H,11H2,1-2H3/b9-8+. The lowest BCUT2D eigenvalue weighted by atomic mass is 10.1. The minimum absolute atomic E-state index is 0.0497. The van der Waals surface area contributed by atoms with Crippen LogP contribution in [-0.4, -0.2) is 40.6 Å². The van der Waals surface area contributed by atoms with Gasteiger partial charge in [0.05, 0.1) is 18.2 Å². The number of nitrogens with zero attached hydrogens (tertiary/aromatic N) is 2. The molecule has 1 amide bonds. The van der Waals surface area contributed by atoms with Crippen LogP contribution in [0.2, 0.25) is 0 Å². The summed E-state index contributed by atoms with van der Waals surface area (Å²) in [4.78, 5) is 17.8. The van der Waals surface area contributed by atoms with E-state index >= 15 is 0 Å². The van der Waals surface area contributed by atoms with Crippen LogP contribution in [0, 0.1) is 0 Å². The first-order valence-electron chi connectivity index (χ1n) is 6.53. The monoisotopic (exact) mass is 270 g/mol. The van der Waals surface area contributed by atoms with Crippen molar-refractivity contribution in [2.45, 2.75) is 13.0 Å². The van der Waals surface area contributed by atoms with Crippen molar-refractivity contribution in [2.75, 3.05) is 13.7 Å². The van der Waals surface area contributed by atoms with Crippen molar-refractivity contribution in [3.05, 3.63) is 48.2 Å². The van der Waals surface area contributed by atoms with Crippen LogP contribution in [0.5, 0.6) is 0 Å². The van der Waals surface area contributed by atoms with Crippen molar-refractivity contribution in [2.24, 2.45) is 0 Å². The van der Waals surface area contributed by atoms with E-state index in [1.807, 2.05) is 30.3 Å². The maximum absolute atomic E-state index is 12.0. The summed E-state index contributed by atoms with van der Waals surface area (Å²) in [7, 11) is 1.68. The van der Waals surface area contributed by atoms with Gasteiger partial charge in [-0.05, 0) is 19.1 Å². The summed E-state index contributed by atoms with van der Waals surface area (Å²) in [6.07, 6.45) is 5.01. The lowest BCUT2D eigenvalue weighted by Crippen LogP contribution is -2.36. The summed E-state index contributed by atoms with van der Waals surface area (Å²) in [6, 6.07) is 9.53. The molecular weight excluding hydrogens is 252 g/mol. The Morgan fingerprint density at radius 1 is 1.40 bits per heavy atom. The van der Waals surface area contributed by atoms with Gasteiger partial charge in [-0.25, -0.2) is 0 Å². The highest BCUT2D eigenvalue weighted by Gasteiger charge is 2.11. The van der Waals surface area contributed by atoms with Gasteiger partial charge in [0.1, 0.15) is 0 Å². The van der Waals surface area contributed by atoms with Crippen LogP contribution in [0.15, 0.2) is 42.6 Å². The predicted octanol–water partition coefficient (Wildman–Crippen LogP) is 2.09. The summed E-state index contributed by atoms with van der Waals surface area (Å²) in [5, 5.41) is 10.1. The fraction of sp³-hybridized carbons (Fsp3) is 0.250. The molecule has 0 aliphatic carbocycles. The normalized spacial score (nSPS) is 12.8. The van der Waals surface area contributed by atoms with Crippen molar-refractivity contribution in [1.29, 1.82) is 0 Å². The molecule has 1 aromatic carbocycles. The van der Waals surface area contributed by atoms with Gasteiger partial charge >= 0.3 is 0 Å². The largest absolute Gasteiger partial charge is 0.394 e. The molecule has 0 saturated heterocycles. The first-order chi connectivity index (χ1) is 9.63. The van der Waals surface area contributed by atoms with E-state index in [4.69, 9.17) is 5.11 Å². The van der Waals surface area contributed by atoms with Gasteiger partial charge < -0.3 is 10.0 Å². The molecule has 1 N–H and O–H groups in total. The average Bonchev–Trinajstić information content (AvgIpc) is 2.50. The molecule has 4 heteroatoms. The molecule has 20 heavy (non-hydrogen) atoms. The zero-order valence-corrected chi connectivity index (χ0v) is 11.7. The molecule has 1 atom stereocenters. The number of carbonyl (C=O) groups is 1. The molecule has 2 rings (SSSR count). The van der Waals surface area contributed by atoms with Gasteiger partial charge in [0.2, 0.25) is 5.91 Å². The number of carbonyl (C=O) groups excluding carboxylic acids is 1. The second kappa shape index (κ2) is 6.30. The van der Waals surface area contributed by atoms with Gasteiger partial charge in [0.25, 0.3) is 0 Å². The van der Waals surface area contributed by atoms with Crippen LogP contribution in [0.25, 0.3) is 17.0 Å². The highest BCUT2D eigenvalue weighted by atomic mass is 16.3. The van der Waals surface area contributed by atoms with E-state index in [-0.39, 0.29) is 18.6 Å². The molecule has 0 spiro atoms. The van der Waals surface area contributed by atoms with Gasteiger partial charge in [-0.3, -0.25) is 9.78 Å². The molecule has 0 fully saturated rings. The Bertz CT molecular complexity index is 632. The molecular formula is C16H18N2O2. The second-order valence-corrected chi connectivity index (χ2v) is 4.74. The number of aromatic nitrogens is 1. The Kier molecular flexibility index (Phi) is 4.48. The number of para-hydroxylation sites is 1. The number of likely N-dealkylation sites (N-methyl/N-ethyl adjacent to an activating group) is 1. The summed E-state index contributed by atoms with van der Waals surface area (Å²) in [5.41, 5.74) is 1.78. The van der Waals surface area contributed by atoms with Crippen LogP contribution < -0.4 is 0 Å². The van der Waals surface area contributed by atoms with Crippen LogP contribution in [0.1, 0.15) is 12.5 Å². The molecule has 104 valence electrons. The third-order valence-corrected chi connectivity index (χ3v) is 3.34. The van der Waals surface area contributed by atoms with E-state index in [1.165, 1.54) is 11.0 Å². The van der Waals surface area contributed by atoms with Crippen molar-refractivity contribution in [3.8, 4) is 0 Å². The highest BCUT2D eigenvalue weighted by molar-refractivity contribution is 5.95. The lowest BCUT2D eigenvalue weighted by Gasteiger charge is -2.21. The number of aliphatic hydroxyl groups is 1. The Labute approximate surface area is 118 Å².